The van der Waals surface area contributed by atoms with Crippen LogP contribution < -0.4 is 14.4 Å². The minimum Gasteiger partial charge on any atom is -0.457 e. The van der Waals surface area contributed by atoms with Gasteiger partial charge in [-0.1, -0.05) is 104 Å². The summed E-state index contributed by atoms with van der Waals surface area (Å²) in [5.41, 5.74) is 6.99. The Morgan fingerprint density at radius 1 is 0.574 bits per heavy atom. The van der Waals surface area contributed by atoms with E-state index in [1.165, 1.54) is 0 Å². The molecule has 0 radical (unpaired) electrons. The van der Waals surface area contributed by atoms with E-state index in [-0.39, 0.29) is 0 Å². The Kier molecular flexibility index (Phi) is 8.26. The van der Waals surface area contributed by atoms with E-state index >= 15 is 0 Å². The fourth-order valence-electron chi connectivity index (χ4n) is 5.39. The smallest absolute Gasteiger partial charge is 0.160 e. The minimum absolute atomic E-state index is 0.551. The normalized spacial score (nSPS) is 12.4. The SMILES string of the molecule is C=C/C(=N\C(=N/C(=C)c1ccc(Oc2ccc3c(c2)Oc2ccccc2N3c2ccccc2)cc1)c1ccccc1)c1ccccc1. The molecule has 6 aromatic carbocycles. The van der Waals surface area contributed by atoms with Crippen molar-refractivity contribution < 1.29 is 9.47 Å². The van der Waals surface area contributed by atoms with Gasteiger partial charge >= 0.3 is 0 Å². The third-order valence-electron chi connectivity index (χ3n) is 7.70. The highest BCUT2D eigenvalue weighted by molar-refractivity contribution is 6.17. The first-order chi connectivity index (χ1) is 23.2. The number of anilines is 3. The fourth-order valence-corrected chi connectivity index (χ4v) is 5.39. The molecular weight excluding hydrogens is 578 g/mol. The van der Waals surface area contributed by atoms with Crippen LogP contribution in [0.1, 0.15) is 16.7 Å². The quantitative estimate of drug-likeness (QED) is 0.127. The third kappa shape index (κ3) is 6.37. The van der Waals surface area contributed by atoms with Gasteiger partial charge in [0.15, 0.2) is 17.3 Å². The number of amidine groups is 1. The monoisotopic (exact) mass is 609 g/mol. The molecule has 6 aromatic rings. The summed E-state index contributed by atoms with van der Waals surface area (Å²) >= 11 is 0. The number of para-hydroxylation sites is 3. The van der Waals surface area contributed by atoms with E-state index in [0.29, 0.717) is 28.8 Å². The van der Waals surface area contributed by atoms with Gasteiger partial charge in [-0.05, 0) is 72.3 Å². The Morgan fingerprint density at radius 2 is 1.17 bits per heavy atom. The van der Waals surface area contributed by atoms with Crippen molar-refractivity contribution in [1.82, 2.24) is 0 Å². The molecule has 0 spiro atoms. The van der Waals surface area contributed by atoms with Gasteiger partial charge in [0.25, 0.3) is 0 Å². The minimum atomic E-state index is 0.551. The molecule has 0 fully saturated rings. The van der Waals surface area contributed by atoms with Crippen LogP contribution in [-0.2, 0) is 0 Å². The molecule has 7 rings (SSSR count). The summed E-state index contributed by atoms with van der Waals surface area (Å²) in [6.45, 7) is 8.25. The maximum Gasteiger partial charge on any atom is 0.160 e. The molecule has 0 aromatic heterocycles. The Labute approximate surface area is 274 Å². The number of nitrogens with zero attached hydrogens (tertiary/aromatic N) is 3. The van der Waals surface area contributed by atoms with Crippen LogP contribution in [0.15, 0.2) is 187 Å². The second kappa shape index (κ2) is 13.3. The number of hydrogen-bond donors (Lipinski definition) is 0. The van der Waals surface area contributed by atoms with Gasteiger partial charge in [0, 0.05) is 22.9 Å². The Bertz CT molecular complexity index is 2100. The molecule has 0 saturated heterocycles. The van der Waals surface area contributed by atoms with Gasteiger partial charge in [0.2, 0.25) is 0 Å². The van der Waals surface area contributed by atoms with Crippen LogP contribution in [0.25, 0.3) is 5.70 Å². The summed E-state index contributed by atoms with van der Waals surface area (Å²) in [4.78, 5) is 12.0. The molecule has 0 amide bonds. The number of ether oxygens (including phenoxy) is 2. The molecule has 1 aliphatic heterocycles. The summed E-state index contributed by atoms with van der Waals surface area (Å²) in [6, 6.07) is 51.7. The highest BCUT2D eigenvalue weighted by Crippen LogP contribution is 2.51. The third-order valence-corrected chi connectivity index (χ3v) is 7.70. The van der Waals surface area contributed by atoms with Crippen molar-refractivity contribution in [2.24, 2.45) is 9.98 Å². The molecule has 5 heteroatoms. The summed E-state index contributed by atoms with van der Waals surface area (Å²) in [5.74, 6) is 3.40. The van der Waals surface area contributed by atoms with Crippen molar-refractivity contribution in [1.29, 1.82) is 0 Å². The van der Waals surface area contributed by atoms with Crippen LogP contribution >= 0.6 is 0 Å². The average Bonchev–Trinajstić information content (AvgIpc) is 3.13. The van der Waals surface area contributed by atoms with Gasteiger partial charge in [-0.15, -0.1) is 0 Å². The van der Waals surface area contributed by atoms with E-state index in [1.54, 1.807) is 6.08 Å². The van der Waals surface area contributed by atoms with Crippen molar-refractivity contribution in [3.8, 4) is 23.0 Å². The highest BCUT2D eigenvalue weighted by atomic mass is 16.5. The van der Waals surface area contributed by atoms with Crippen molar-refractivity contribution >= 4 is 34.3 Å². The van der Waals surface area contributed by atoms with Gasteiger partial charge in [0.1, 0.15) is 11.5 Å². The summed E-state index contributed by atoms with van der Waals surface area (Å²) in [7, 11) is 0. The van der Waals surface area contributed by atoms with E-state index in [4.69, 9.17) is 19.5 Å². The lowest BCUT2D eigenvalue weighted by atomic mass is 10.1. The molecule has 0 N–H and O–H groups in total. The topological polar surface area (TPSA) is 46.4 Å². The molecule has 0 saturated carbocycles. The number of benzene rings is 6. The molecule has 47 heavy (non-hydrogen) atoms. The van der Waals surface area contributed by atoms with Crippen molar-refractivity contribution in [3.05, 3.63) is 194 Å². The number of rotatable bonds is 8. The maximum atomic E-state index is 6.33. The zero-order chi connectivity index (χ0) is 32.0. The van der Waals surface area contributed by atoms with E-state index in [1.807, 2.05) is 140 Å². The molecule has 0 atom stereocenters. The van der Waals surface area contributed by atoms with Gasteiger partial charge in [0.05, 0.1) is 22.8 Å². The summed E-state index contributed by atoms with van der Waals surface area (Å²) in [5, 5.41) is 0. The zero-order valence-corrected chi connectivity index (χ0v) is 25.7. The first-order valence-electron chi connectivity index (χ1n) is 15.3. The van der Waals surface area contributed by atoms with Crippen LogP contribution in [0.3, 0.4) is 0 Å². The van der Waals surface area contributed by atoms with E-state index in [0.717, 1.165) is 45.2 Å². The predicted octanol–water partition coefficient (Wildman–Crippen LogP) is 11.1. The second-order valence-corrected chi connectivity index (χ2v) is 10.8. The maximum absolute atomic E-state index is 6.33. The van der Waals surface area contributed by atoms with Crippen LogP contribution in [0.5, 0.6) is 23.0 Å². The molecule has 0 unspecified atom stereocenters. The van der Waals surface area contributed by atoms with Gasteiger partial charge in [-0.25, -0.2) is 9.98 Å². The largest absolute Gasteiger partial charge is 0.457 e. The number of hydrogen-bond acceptors (Lipinski definition) is 4. The Morgan fingerprint density at radius 3 is 1.87 bits per heavy atom. The lowest BCUT2D eigenvalue weighted by Gasteiger charge is -2.33. The van der Waals surface area contributed by atoms with Crippen LogP contribution in [0.4, 0.5) is 17.1 Å². The van der Waals surface area contributed by atoms with Crippen LogP contribution in [0.2, 0.25) is 0 Å². The summed E-state index contributed by atoms with van der Waals surface area (Å²) in [6.07, 6.45) is 1.74. The first-order valence-corrected chi connectivity index (χ1v) is 15.3. The average molecular weight is 610 g/mol. The molecule has 226 valence electrons. The molecular formula is C42H31N3O2. The lowest BCUT2D eigenvalue weighted by Crippen LogP contribution is -2.15. The predicted molar refractivity (Wildman–Crippen MR) is 193 cm³/mol. The summed E-state index contributed by atoms with van der Waals surface area (Å²) < 4.78 is 12.6. The van der Waals surface area contributed by atoms with Gasteiger partial charge < -0.3 is 14.4 Å². The van der Waals surface area contributed by atoms with Crippen LogP contribution in [0, 0.1) is 0 Å². The van der Waals surface area contributed by atoms with E-state index in [9.17, 15) is 0 Å². The van der Waals surface area contributed by atoms with E-state index in [2.05, 4.69) is 36.3 Å². The molecule has 1 aliphatic rings. The molecule has 0 bridgehead atoms. The molecule has 1 heterocycles. The second-order valence-electron chi connectivity index (χ2n) is 10.8. The number of allylic oxidation sites excluding steroid dienone is 1. The molecule has 0 aliphatic carbocycles. The van der Waals surface area contributed by atoms with Gasteiger partial charge in [-0.2, -0.15) is 0 Å². The Balaban J connectivity index is 1.14. The number of aliphatic imine (C=N–C) groups is 2. The lowest BCUT2D eigenvalue weighted by molar-refractivity contribution is 0.457. The van der Waals surface area contributed by atoms with Crippen LogP contribution in [-0.4, -0.2) is 11.5 Å². The fraction of sp³-hybridized carbons (Fsp3) is 0. The van der Waals surface area contributed by atoms with E-state index < -0.39 is 0 Å². The van der Waals surface area contributed by atoms with Crippen molar-refractivity contribution in [2.45, 2.75) is 0 Å². The van der Waals surface area contributed by atoms with Gasteiger partial charge in [-0.3, -0.25) is 0 Å². The highest BCUT2D eigenvalue weighted by Gasteiger charge is 2.26. The number of fused-ring (bicyclic) bond motifs is 2. The zero-order valence-electron chi connectivity index (χ0n) is 25.7. The van der Waals surface area contributed by atoms with Crippen molar-refractivity contribution in [2.75, 3.05) is 4.90 Å². The first kappa shape index (κ1) is 29.3. The standard InChI is InChI=1S/C42H31N3O2/c1-3-37(32-15-7-4-8-16-32)44-42(33-17-9-5-10-18-33)43-30(2)31-23-25-35(26-24-31)46-36-27-28-39-41(29-36)47-40-22-14-13-21-38(40)45(39)34-19-11-6-12-20-34/h3-29H,1-2H2/b43-42-,44-37+. The Hall–Kier alpha value is -6.46. The molecule has 5 nitrogen and oxygen atoms in total. The van der Waals surface area contributed by atoms with Crippen molar-refractivity contribution in [3.63, 3.8) is 0 Å².